The first-order valence-electron chi connectivity index (χ1n) is 7.03. The molecule has 1 aliphatic rings. The second kappa shape index (κ2) is 6.37. The lowest BCUT2D eigenvalue weighted by Gasteiger charge is -2.32. The van der Waals surface area contributed by atoms with Gasteiger partial charge in [0.05, 0.1) is 0 Å². The lowest BCUT2D eigenvalue weighted by molar-refractivity contribution is -0.131. The zero-order valence-electron chi connectivity index (χ0n) is 12.6. The Morgan fingerprint density at radius 1 is 1.21 bits per heavy atom. The summed E-state index contributed by atoms with van der Waals surface area (Å²) in [6.45, 7) is 10.0. The molecule has 5 nitrogen and oxygen atoms in total. The molecule has 3 N–H and O–H groups in total. The molecule has 1 aliphatic heterocycles. The topological polar surface area (TPSA) is 70.2 Å². The molecule has 5 heteroatoms. The quantitative estimate of drug-likeness (QED) is 0.707. The fourth-order valence-corrected chi connectivity index (χ4v) is 2.19. The van der Waals surface area contributed by atoms with Gasteiger partial charge in [0.1, 0.15) is 0 Å². The summed E-state index contributed by atoms with van der Waals surface area (Å²) in [5, 5.41) is 9.01. The number of hydrogen-bond donors (Lipinski definition) is 3. The van der Waals surface area contributed by atoms with E-state index in [1.165, 1.54) is 0 Å². The van der Waals surface area contributed by atoms with Gasteiger partial charge < -0.3 is 16.0 Å². The van der Waals surface area contributed by atoms with Gasteiger partial charge in [-0.1, -0.05) is 6.92 Å². The van der Waals surface area contributed by atoms with E-state index >= 15 is 0 Å². The molecule has 1 heterocycles. The van der Waals surface area contributed by atoms with Crippen LogP contribution in [0.4, 0.5) is 0 Å². The minimum Gasteiger partial charge on any atom is -0.355 e. The molecule has 19 heavy (non-hydrogen) atoms. The molecule has 1 fully saturated rings. The van der Waals surface area contributed by atoms with E-state index in [0.717, 1.165) is 25.9 Å². The molecular formula is C14H27N3O2. The van der Waals surface area contributed by atoms with Crippen LogP contribution in [0.15, 0.2) is 0 Å². The van der Waals surface area contributed by atoms with Gasteiger partial charge in [-0.25, -0.2) is 0 Å². The first-order valence-corrected chi connectivity index (χ1v) is 7.03. The van der Waals surface area contributed by atoms with E-state index in [9.17, 15) is 9.59 Å². The Morgan fingerprint density at radius 2 is 1.79 bits per heavy atom. The summed E-state index contributed by atoms with van der Waals surface area (Å²) in [6, 6.07) is 0. The molecule has 0 saturated carbocycles. The largest absolute Gasteiger partial charge is 0.355 e. The zero-order chi connectivity index (χ0) is 14.5. The Balaban J connectivity index is 2.29. The van der Waals surface area contributed by atoms with Crippen LogP contribution in [0.5, 0.6) is 0 Å². The van der Waals surface area contributed by atoms with Crippen molar-refractivity contribution in [3.63, 3.8) is 0 Å². The Kier molecular flexibility index (Phi) is 5.35. The van der Waals surface area contributed by atoms with Crippen LogP contribution in [0.3, 0.4) is 0 Å². The third-order valence-electron chi connectivity index (χ3n) is 3.41. The van der Waals surface area contributed by atoms with E-state index in [0.29, 0.717) is 13.0 Å². The standard InChI is InChI=1S/C14H27N3O2/c1-13(2,3)17-11(18)5-8-16-12(19)14(4)6-9-15-10-7-14/h15H,5-10H2,1-4H3,(H,16,19)(H,17,18). The van der Waals surface area contributed by atoms with Gasteiger partial charge in [0.2, 0.25) is 11.8 Å². The van der Waals surface area contributed by atoms with Crippen LogP contribution in [-0.4, -0.2) is 37.0 Å². The first-order chi connectivity index (χ1) is 8.73. The van der Waals surface area contributed by atoms with Gasteiger partial charge in [-0.2, -0.15) is 0 Å². The summed E-state index contributed by atoms with van der Waals surface area (Å²) in [4.78, 5) is 23.7. The predicted molar refractivity (Wildman–Crippen MR) is 75.7 cm³/mol. The van der Waals surface area contributed by atoms with Gasteiger partial charge >= 0.3 is 0 Å². The maximum Gasteiger partial charge on any atom is 0.226 e. The second-order valence-electron chi connectivity index (χ2n) is 6.61. The summed E-state index contributed by atoms with van der Waals surface area (Å²) < 4.78 is 0. The molecule has 0 unspecified atom stereocenters. The number of amides is 2. The van der Waals surface area contributed by atoms with E-state index in [4.69, 9.17) is 0 Å². The summed E-state index contributed by atoms with van der Waals surface area (Å²) in [6.07, 6.45) is 2.04. The Morgan fingerprint density at radius 3 is 2.32 bits per heavy atom. The van der Waals surface area contributed by atoms with E-state index < -0.39 is 0 Å². The van der Waals surface area contributed by atoms with E-state index in [1.54, 1.807) is 0 Å². The normalized spacial score (nSPS) is 18.7. The molecule has 0 bridgehead atoms. The maximum atomic E-state index is 12.1. The van der Waals surface area contributed by atoms with Crippen molar-refractivity contribution in [2.45, 2.75) is 52.5 Å². The molecule has 0 aromatic heterocycles. The molecular weight excluding hydrogens is 242 g/mol. The second-order valence-corrected chi connectivity index (χ2v) is 6.61. The van der Waals surface area contributed by atoms with Crippen LogP contribution in [-0.2, 0) is 9.59 Å². The average molecular weight is 269 g/mol. The predicted octanol–water partition coefficient (Wildman–Crippen LogP) is 0.797. The first kappa shape index (κ1) is 16.0. The Hall–Kier alpha value is -1.10. The molecule has 0 aliphatic carbocycles. The molecule has 0 radical (unpaired) electrons. The molecule has 2 amide bonds. The summed E-state index contributed by atoms with van der Waals surface area (Å²) in [7, 11) is 0. The summed E-state index contributed by atoms with van der Waals surface area (Å²) in [5.41, 5.74) is -0.506. The van der Waals surface area contributed by atoms with Gasteiger partial charge in [0.25, 0.3) is 0 Å². The van der Waals surface area contributed by atoms with E-state index in [2.05, 4.69) is 16.0 Å². The van der Waals surface area contributed by atoms with Crippen molar-refractivity contribution in [3.05, 3.63) is 0 Å². The van der Waals surface area contributed by atoms with Crippen LogP contribution in [0.1, 0.15) is 47.0 Å². The lowest BCUT2D eigenvalue weighted by Crippen LogP contribution is -2.47. The van der Waals surface area contributed by atoms with Gasteiger partial charge in [-0.15, -0.1) is 0 Å². The smallest absolute Gasteiger partial charge is 0.226 e. The highest BCUT2D eigenvalue weighted by molar-refractivity contribution is 5.83. The Bertz CT molecular complexity index is 328. The van der Waals surface area contributed by atoms with Crippen molar-refractivity contribution in [3.8, 4) is 0 Å². The van der Waals surface area contributed by atoms with Gasteiger partial charge in [-0.3, -0.25) is 9.59 Å². The zero-order valence-corrected chi connectivity index (χ0v) is 12.6. The molecule has 0 aromatic carbocycles. The van der Waals surface area contributed by atoms with Gasteiger partial charge in [0.15, 0.2) is 0 Å². The van der Waals surface area contributed by atoms with Crippen LogP contribution in [0, 0.1) is 5.41 Å². The number of nitrogens with one attached hydrogen (secondary N) is 3. The number of piperidine rings is 1. The highest BCUT2D eigenvalue weighted by Gasteiger charge is 2.34. The minimum atomic E-state index is -0.286. The minimum absolute atomic E-state index is 0.0248. The third kappa shape index (κ3) is 5.59. The SMILES string of the molecule is CC(C)(C)NC(=O)CCNC(=O)C1(C)CCNCC1. The fraction of sp³-hybridized carbons (Fsp3) is 0.857. The van der Waals surface area contributed by atoms with Crippen molar-refractivity contribution in [1.82, 2.24) is 16.0 Å². The van der Waals surface area contributed by atoms with Crippen molar-refractivity contribution in [1.29, 1.82) is 0 Å². The van der Waals surface area contributed by atoms with Crippen LogP contribution in [0.2, 0.25) is 0 Å². The van der Waals surface area contributed by atoms with Crippen LogP contribution < -0.4 is 16.0 Å². The molecule has 1 saturated heterocycles. The Labute approximate surface area is 115 Å². The molecule has 0 atom stereocenters. The van der Waals surface area contributed by atoms with E-state index in [1.807, 2.05) is 27.7 Å². The van der Waals surface area contributed by atoms with Gasteiger partial charge in [0, 0.05) is 23.9 Å². The van der Waals surface area contributed by atoms with Crippen molar-refractivity contribution in [2.75, 3.05) is 19.6 Å². The number of hydrogen-bond acceptors (Lipinski definition) is 3. The third-order valence-corrected chi connectivity index (χ3v) is 3.41. The average Bonchev–Trinajstić information content (AvgIpc) is 2.27. The highest BCUT2D eigenvalue weighted by atomic mass is 16.2. The number of rotatable bonds is 4. The monoisotopic (exact) mass is 269 g/mol. The van der Waals surface area contributed by atoms with Crippen LogP contribution in [0.25, 0.3) is 0 Å². The molecule has 110 valence electrons. The fourth-order valence-electron chi connectivity index (χ4n) is 2.19. The maximum absolute atomic E-state index is 12.1. The highest BCUT2D eigenvalue weighted by Crippen LogP contribution is 2.27. The van der Waals surface area contributed by atoms with Crippen molar-refractivity contribution < 1.29 is 9.59 Å². The lowest BCUT2D eigenvalue weighted by atomic mass is 9.80. The van der Waals surface area contributed by atoms with Crippen molar-refractivity contribution >= 4 is 11.8 Å². The molecule has 1 rings (SSSR count). The molecule has 0 aromatic rings. The van der Waals surface area contributed by atoms with Gasteiger partial charge in [-0.05, 0) is 46.7 Å². The summed E-state index contributed by atoms with van der Waals surface area (Å²) in [5.74, 6) is 0.0424. The van der Waals surface area contributed by atoms with Crippen molar-refractivity contribution in [2.24, 2.45) is 5.41 Å². The van der Waals surface area contributed by atoms with Crippen LogP contribution >= 0.6 is 0 Å². The summed E-state index contributed by atoms with van der Waals surface area (Å²) >= 11 is 0. The molecule has 0 spiro atoms. The number of carbonyl (C=O) groups is 2. The van der Waals surface area contributed by atoms with E-state index in [-0.39, 0.29) is 22.8 Å². The number of carbonyl (C=O) groups excluding carboxylic acids is 2.